The summed E-state index contributed by atoms with van der Waals surface area (Å²) >= 11 is 1.41. The molecule has 0 spiro atoms. The maximum Gasteiger partial charge on any atom is 0.244 e. The summed E-state index contributed by atoms with van der Waals surface area (Å²) in [5.74, 6) is 0. The second-order valence-electron chi connectivity index (χ2n) is 4.52. The average Bonchev–Trinajstić information content (AvgIpc) is 2.87. The van der Waals surface area contributed by atoms with Crippen molar-refractivity contribution in [2.75, 3.05) is 13.1 Å². The van der Waals surface area contributed by atoms with E-state index >= 15 is 0 Å². The molecule has 0 aromatic carbocycles. The molecular weight excluding hydrogens is 280 g/mol. The van der Waals surface area contributed by atoms with E-state index in [0.717, 1.165) is 30.6 Å². The van der Waals surface area contributed by atoms with Crippen LogP contribution in [0.4, 0.5) is 0 Å². The average molecular weight is 304 g/mol. The topological polar surface area (TPSA) is 63.4 Å². The Bertz CT molecular complexity index is 461. The van der Waals surface area contributed by atoms with E-state index in [2.05, 4.69) is 13.8 Å². The largest absolute Gasteiger partial charge is 0.326 e. The molecule has 0 bridgehead atoms. The highest BCUT2D eigenvalue weighted by Gasteiger charge is 2.26. The van der Waals surface area contributed by atoms with E-state index in [-0.39, 0.29) is 6.54 Å². The molecule has 19 heavy (non-hydrogen) atoms. The number of hydrogen-bond acceptors (Lipinski definition) is 4. The van der Waals surface area contributed by atoms with Gasteiger partial charge in [-0.05, 0) is 24.3 Å². The van der Waals surface area contributed by atoms with Crippen molar-refractivity contribution in [2.24, 2.45) is 5.73 Å². The van der Waals surface area contributed by atoms with Crippen LogP contribution in [0.3, 0.4) is 0 Å². The Balaban J connectivity index is 2.97. The van der Waals surface area contributed by atoms with Crippen LogP contribution >= 0.6 is 11.3 Å². The van der Waals surface area contributed by atoms with Gasteiger partial charge in [-0.15, -0.1) is 11.3 Å². The molecule has 4 nitrogen and oxygen atoms in total. The molecule has 0 saturated heterocycles. The van der Waals surface area contributed by atoms with Crippen LogP contribution in [0.1, 0.15) is 44.4 Å². The van der Waals surface area contributed by atoms with Crippen LogP contribution in [0.15, 0.2) is 16.3 Å². The summed E-state index contributed by atoms with van der Waals surface area (Å²) in [6, 6.07) is 1.67. The SMILES string of the molecule is CCCCN(CCCC)S(=O)(=O)c1ccsc1CN. The summed E-state index contributed by atoms with van der Waals surface area (Å²) in [7, 11) is -3.38. The lowest BCUT2D eigenvalue weighted by molar-refractivity contribution is 0.395. The van der Waals surface area contributed by atoms with Crippen molar-refractivity contribution in [3.05, 3.63) is 16.3 Å². The Morgan fingerprint density at radius 2 is 1.79 bits per heavy atom. The van der Waals surface area contributed by atoms with Gasteiger partial charge in [0, 0.05) is 24.5 Å². The molecule has 0 aliphatic rings. The number of unbranched alkanes of at least 4 members (excludes halogenated alkanes) is 2. The Morgan fingerprint density at radius 1 is 1.21 bits per heavy atom. The number of nitrogens with zero attached hydrogens (tertiary/aromatic N) is 1. The fourth-order valence-corrected chi connectivity index (χ4v) is 4.69. The molecule has 1 aromatic heterocycles. The van der Waals surface area contributed by atoms with E-state index in [9.17, 15) is 8.42 Å². The van der Waals surface area contributed by atoms with Crippen molar-refractivity contribution in [2.45, 2.75) is 51.0 Å². The molecule has 0 saturated carbocycles. The number of sulfonamides is 1. The van der Waals surface area contributed by atoms with Gasteiger partial charge in [0.15, 0.2) is 0 Å². The second-order valence-corrected chi connectivity index (χ2v) is 7.43. The van der Waals surface area contributed by atoms with Gasteiger partial charge in [0.05, 0.1) is 4.90 Å². The molecule has 1 rings (SSSR count). The number of rotatable bonds is 9. The van der Waals surface area contributed by atoms with Gasteiger partial charge < -0.3 is 5.73 Å². The zero-order valence-corrected chi connectivity index (χ0v) is 13.4. The second kappa shape index (κ2) is 7.99. The molecule has 1 heterocycles. The summed E-state index contributed by atoms with van der Waals surface area (Å²) in [5.41, 5.74) is 5.62. The van der Waals surface area contributed by atoms with E-state index in [0.29, 0.717) is 18.0 Å². The molecule has 0 amide bonds. The van der Waals surface area contributed by atoms with Gasteiger partial charge in [0.1, 0.15) is 0 Å². The van der Waals surface area contributed by atoms with Gasteiger partial charge in [-0.2, -0.15) is 4.31 Å². The first-order valence-electron chi connectivity index (χ1n) is 6.84. The van der Waals surface area contributed by atoms with Crippen LogP contribution in [0, 0.1) is 0 Å². The van der Waals surface area contributed by atoms with Crippen LogP contribution in [-0.2, 0) is 16.6 Å². The molecular formula is C13H24N2O2S2. The molecule has 0 fully saturated rings. The summed E-state index contributed by atoms with van der Waals surface area (Å²) in [6.45, 7) is 5.61. The van der Waals surface area contributed by atoms with Gasteiger partial charge in [-0.25, -0.2) is 8.42 Å². The van der Waals surface area contributed by atoms with E-state index < -0.39 is 10.0 Å². The predicted octanol–water partition coefficient (Wildman–Crippen LogP) is 2.80. The highest BCUT2D eigenvalue weighted by Crippen LogP contribution is 2.25. The fourth-order valence-electron chi connectivity index (χ4n) is 1.87. The Kier molecular flexibility index (Phi) is 6.99. The molecule has 110 valence electrons. The third kappa shape index (κ3) is 4.27. The summed E-state index contributed by atoms with van der Waals surface area (Å²) < 4.78 is 26.9. The normalized spacial score (nSPS) is 12.2. The van der Waals surface area contributed by atoms with Gasteiger partial charge >= 0.3 is 0 Å². The molecule has 1 aromatic rings. The molecule has 0 aliphatic carbocycles. The van der Waals surface area contributed by atoms with Crippen LogP contribution < -0.4 is 5.73 Å². The third-order valence-electron chi connectivity index (χ3n) is 3.03. The van der Waals surface area contributed by atoms with Crippen LogP contribution in [0.25, 0.3) is 0 Å². The van der Waals surface area contributed by atoms with Gasteiger partial charge in [-0.1, -0.05) is 26.7 Å². The summed E-state index contributed by atoms with van der Waals surface area (Å²) in [6.07, 6.45) is 3.77. The quantitative estimate of drug-likeness (QED) is 0.763. The lowest BCUT2D eigenvalue weighted by Gasteiger charge is -2.22. The van der Waals surface area contributed by atoms with Gasteiger partial charge in [-0.3, -0.25) is 0 Å². The highest BCUT2D eigenvalue weighted by atomic mass is 32.2. The van der Waals surface area contributed by atoms with Crippen molar-refractivity contribution < 1.29 is 8.42 Å². The molecule has 2 N–H and O–H groups in total. The minimum Gasteiger partial charge on any atom is -0.326 e. The monoisotopic (exact) mass is 304 g/mol. The number of nitrogens with two attached hydrogens (primary N) is 1. The van der Waals surface area contributed by atoms with E-state index in [4.69, 9.17) is 5.73 Å². The standard InChI is InChI=1S/C13H24N2O2S2/c1-3-5-8-15(9-6-4-2)19(16,17)13-7-10-18-12(13)11-14/h7,10H,3-6,8-9,11,14H2,1-2H3. The van der Waals surface area contributed by atoms with Crippen LogP contribution in [0.5, 0.6) is 0 Å². The lowest BCUT2D eigenvalue weighted by atomic mass is 10.3. The Labute approximate surface area is 120 Å². The first-order valence-corrected chi connectivity index (χ1v) is 9.16. The van der Waals surface area contributed by atoms with Crippen molar-refractivity contribution in [3.63, 3.8) is 0 Å². The predicted molar refractivity (Wildman–Crippen MR) is 80.8 cm³/mol. The smallest absolute Gasteiger partial charge is 0.244 e. The van der Waals surface area contributed by atoms with Crippen molar-refractivity contribution in [3.8, 4) is 0 Å². The molecule has 0 radical (unpaired) electrons. The molecule has 6 heteroatoms. The third-order valence-corrected chi connectivity index (χ3v) is 6.09. The number of thiophene rings is 1. The van der Waals surface area contributed by atoms with Crippen LogP contribution in [-0.4, -0.2) is 25.8 Å². The zero-order valence-electron chi connectivity index (χ0n) is 11.8. The zero-order chi connectivity index (χ0) is 14.3. The Hall–Kier alpha value is -0.430. The van der Waals surface area contributed by atoms with Gasteiger partial charge in [0.2, 0.25) is 10.0 Å². The first kappa shape index (κ1) is 16.6. The lowest BCUT2D eigenvalue weighted by Crippen LogP contribution is -2.33. The van der Waals surface area contributed by atoms with E-state index in [1.54, 1.807) is 15.8 Å². The number of hydrogen-bond donors (Lipinski definition) is 1. The van der Waals surface area contributed by atoms with E-state index in [1.807, 2.05) is 0 Å². The van der Waals surface area contributed by atoms with Crippen LogP contribution in [0.2, 0.25) is 0 Å². The summed E-state index contributed by atoms with van der Waals surface area (Å²) in [5, 5.41) is 1.80. The molecule has 0 atom stereocenters. The van der Waals surface area contributed by atoms with Crippen molar-refractivity contribution >= 4 is 21.4 Å². The minimum atomic E-state index is -3.38. The first-order chi connectivity index (χ1) is 9.07. The fraction of sp³-hybridized carbons (Fsp3) is 0.692. The van der Waals surface area contributed by atoms with Crippen molar-refractivity contribution in [1.82, 2.24) is 4.31 Å². The maximum atomic E-state index is 12.7. The summed E-state index contributed by atoms with van der Waals surface area (Å²) in [4.78, 5) is 1.14. The molecule has 0 aliphatic heterocycles. The van der Waals surface area contributed by atoms with Gasteiger partial charge in [0.25, 0.3) is 0 Å². The van der Waals surface area contributed by atoms with E-state index in [1.165, 1.54) is 11.3 Å². The van der Waals surface area contributed by atoms with Crippen molar-refractivity contribution in [1.29, 1.82) is 0 Å². The highest BCUT2D eigenvalue weighted by molar-refractivity contribution is 7.89. The maximum absolute atomic E-state index is 12.7. The molecule has 0 unspecified atom stereocenters. The minimum absolute atomic E-state index is 0.279. The Morgan fingerprint density at radius 3 is 2.26 bits per heavy atom.